The number of aromatic nitrogens is 1. The van der Waals surface area contributed by atoms with Crippen LogP contribution in [0.3, 0.4) is 0 Å². The average molecular weight is 347 g/mol. The third-order valence-corrected chi connectivity index (χ3v) is 4.81. The van der Waals surface area contributed by atoms with Crippen LogP contribution in [0.15, 0.2) is 56.6 Å². The Kier molecular flexibility index (Phi) is 3.96. The molecule has 1 heterocycles. The zero-order valence-corrected chi connectivity index (χ0v) is 13.1. The lowest BCUT2D eigenvalue weighted by molar-refractivity contribution is 0.1000. The Labute approximate surface area is 136 Å². The van der Waals surface area contributed by atoms with Gasteiger partial charge in [0.1, 0.15) is 0 Å². The van der Waals surface area contributed by atoms with Crippen LogP contribution < -0.4 is 16.2 Å². The number of nitrogens with two attached hydrogens (primary N) is 1. The van der Waals surface area contributed by atoms with E-state index in [4.69, 9.17) is 10.2 Å². The maximum Gasteiger partial charge on any atom is 0.417 e. The number of fused-ring (bicyclic) bond motifs is 1. The third kappa shape index (κ3) is 3.21. The van der Waals surface area contributed by atoms with Gasteiger partial charge in [-0.15, -0.1) is 0 Å². The Balaban J connectivity index is 1.79. The molecular weight excluding hydrogens is 334 g/mol. The molecule has 0 spiro atoms. The lowest BCUT2D eigenvalue weighted by atomic mass is 10.1. The van der Waals surface area contributed by atoms with Crippen molar-refractivity contribution in [1.29, 1.82) is 0 Å². The van der Waals surface area contributed by atoms with Crippen molar-refractivity contribution in [3.05, 3.63) is 64.1 Å². The quantitative estimate of drug-likeness (QED) is 0.624. The van der Waals surface area contributed by atoms with Gasteiger partial charge in [0.2, 0.25) is 15.9 Å². The first-order valence-corrected chi connectivity index (χ1v) is 8.35. The number of aromatic amines is 1. The summed E-state index contributed by atoms with van der Waals surface area (Å²) < 4.78 is 31.9. The number of primary amides is 1. The molecular formula is C15H13N3O5S. The fourth-order valence-electron chi connectivity index (χ4n) is 2.14. The smallest absolute Gasteiger partial charge is 0.408 e. The Morgan fingerprint density at radius 3 is 2.54 bits per heavy atom. The van der Waals surface area contributed by atoms with Crippen LogP contribution >= 0.6 is 0 Å². The Bertz CT molecular complexity index is 1060. The minimum absolute atomic E-state index is 0.0218. The van der Waals surface area contributed by atoms with Crippen molar-refractivity contribution in [3.8, 4) is 0 Å². The molecule has 0 aliphatic carbocycles. The molecule has 3 rings (SSSR count). The zero-order chi connectivity index (χ0) is 17.3. The van der Waals surface area contributed by atoms with E-state index in [0.29, 0.717) is 16.6 Å². The minimum Gasteiger partial charge on any atom is -0.408 e. The number of hydrogen-bond donors (Lipinski definition) is 3. The number of rotatable bonds is 5. The lowest BCUT2D eigenvalue weighted by Gasteiger charge is -2.07. The average Bonchev–Trinajstić information content (AvgIpc) is 2.92. The highest BCUT2D eigenvalue weighted by Crippen LogP contribution is 2.17. The summed E-state index contributed by atoms with van der Waals surface area (Å²) in [4.78, 5) is 24.5. The number of benzene rings is 2. The maximum absolute atomic E-state index is 12.3. The first-order chi connectivity index (χ1) is 11.3. The van der Waals surface area contributed by atoms with Crippen LogP contribution in [0.1, 0.15) is 15.9 Å². The molecule has 0 aliphatic rings. The van der Waals surface area contributed by atoms with Crippen LogP contribution in [0.25, 0.3) is 11.1 Å². The highest BCUT2D eigenvalue weighted by atomic mass is 32.2. The fraction of sp³-hybridized carbons (Fsp3) is 0.0667. The minimum atomic E-state index is -3.78. The second-order valence-corrected chi connectivity index (χ2v) is 6.83. The molecule has 3 aromatic rings. The third-order valence-electron chi connectivity index (χ3n) is 3.41. The van der Waals surface area contributed by atoms with Gasteiger partial charge in [-0.25, -0.2) is 17.9 Å². The van der Waals surface area contributed by atoms with Gasteiger partial charge in [-0.1, -0.05) is 12.1 Å². The van der Waals surface area contributed by atoms with E-state index in [1.54, 1.807) is 12.1 Å². The summed E-state index contributed by atoms with van der Waals surface area (Å²) >= 11 is 0. The fourth-order valence-corrected chi connectivity index (χ4v) is 3.17. The van der Waals surface area contributed by atoms with Crippen molar-refractivity contribution < 1.29 is 17.6 Å². The SMILES string of the molecule is NC(=O)c1ccc(CNS(=O)(=O)c2ccc3[nH]c(=O)oc3c2)cc1. The number of oxazole rings is 1. The molecule has 24 heavy (non-hydrogen) atoms. The van der Waals surface area contributed by atoms with Crippen LogP contribution in [0.4, 0.5) is 0 Å². The molecule has 2 aromatic carbocycles. The lowest BCUT2D eigenvalue weighted by Crippen LogP contribution is -2.23. The van der Waals surface area contributed by atoms with Gasteiger partial charge in [-0.2, -0.15) is 0 Å². The molecule has 0 unspecified atom stereocenters. The molecule has 0 bridgehead atoms. The Hall–Kier alpha value is -2.91. The highest BCUT2D eigenvalue weighted by Gasteiger charge is 2.15. The van der Waals surface area contributed by atoms with Crippen LogP contribution in [0, 0.1) is 0 Å². The Morgan fingerprint density at radius 1 is 1.17 bits per heavy atom. The number of nitrogens with one attached hydrogen (secondary N) is 2. The summed E-state index contributed by atoms with van der Waals surface area (Å²) in [5.74, 6) is -1.20. The van der Waals surface area contributed by atoms with Gasteiger partial charge in [0.15, 0.2) is 5.58 Å². The van der Waals surface area contributed by atoms with Crippen molar-refractivity contribution in [2.45, 2.75) is 11.4 Å². The summed E-state index contributed by atoms with van der Waals surface area (Å²) in [6.07, 6.45) is 0. The number of carbonyl (C=O) groups excluding carboxylic acids is 1. The molecule has 0 fully saturated rings. The number of hydrogen-bond acceptors (Lipinski definition) is 5. The summed E-state index contributed by atoms with van der Waals surface area (Å²) in [6, 6.07) is 10.3. The largest absolute Gasteiger partial charge is 0.417 e. The first-order valence-electron chi connectivity index (χ1n) is 6.86. The van der Waals surface area contributed by atoms with E-state index in [1.807, 2.05) is 0 Å². The van der Waals surface area contributed by atoms with Gasteiger partial charge in [0.25, 0.3) is 0 Å². The predicted octanol–water partition coefficient (Wildman–Crippen LogP) is 0.698. The van der Waals surface area contributed by atoms with Gasteiger partial charge in [-0.05, 0) is 29.8 Å². The molecule has 124 valence electrons. The standard InChI is InChI=1S/C15H13N3O5S/c16-14(19)10-3-1-9(2-4-10)8-17-24(21,22)11-5-6-12-13(7-11)23-15(20)18-12/h1-7,17H,8H2,(H2,16,19)(H,18,20). The van der Waals surface area contributed by atoms with E-state index < -0.39 is 21.7 Å². The molecule has 9 heteroatoms. The van der Waals surface area contributed by atoms with E-state index in [-0.39, 0.29) is 17.0 Å². The van der Waals surface area contributed by atoms with Crippen LogP contribution in [0.2, 0.25) is 0 Å². The summed E-state index contributed by atoms with van der Waals surface area (Å²) in [5, 5.41) is 0. The number of sulfonamides is 1. The number of carbonyl (C=O) groups is 1. The van der Waals surface area contributed by atoms with E-state index in [2.05, 4.69) is 9.71 Å². The molecule has 8 nitrogen and oxygen atoms in total. The van der Waals surface area contributed by atoms with E-state index in [9.17, 15) is 18.0 Å². The van der Waals surface area contributed by atoms with Gasteiger partial charge in [0.05, 0.1) is 10.4 Å². The molecule has 0 radical (unpaired) electrons. The summed E-state index contributed by atoms with van der Waals surface area (Å²) in [6.45, 7) is 0.0382. The topological polar surface area (TPSA) is 135 Å². The summed E-state index contributed by atoms with van der Waals surface area (Å²) in [5.41, 5.74) is 6.73. The van der Waals surface area contributed by atoms with Crippen molar-refractivity contribution in [2.75, 3.05) is 0 Å². The second kappa shape index (κ2) is 5.95. The number of H-pyrrole nitrogens is 1. The first kappa shape index (κ1) is 16.0. The predicted molar refractivity (Wildman–Crippen MR) is 85.8 cm³/mol. The molecule has 1 aromatic heterocycles. The molecule has 4 N–H and O–H groups in total. The van der Waals surface area contributed by atoms with Crippen molar-refractivity contribution in [2.24, 2.45) is 5.73 Å². The second-order valence-electron chi connectivity index (χ2n) is 5.06. The summed E-state index contributed by atoms with van der Waals surface area (Å²) in [7, 11) is -3.78. The maximum atomic E-state index is 12.3. The van der Waals surface area contributed by atoms with Crippen molar-refractivity contribution in [3.63, 3.8) is 0 Å². The van der Waals surface area contributed by atoms with Crippen LogP contribution in [-0.2, 0) is 16.6 Å². The molecule has 0 saturated carbocycles. The highest BCUT2D eigenvalue weighted by molar-refractivity contribution is 7.89. The van der Waals surface area contributed by atoms with Gasteiger partial charge in [-0.3, -0.25) is 9.78 Å². The van der Waals surface area contributed by atoms with Gasteiger partial charge < -0.3 is 10.2 Å². The van der Waals surface area contributed by atoms with E-state index >= 15 is 0 Å². The Morgan fingerprint density at radius 2 is 1.88 bits per heavy atom. The molecule has 0 atom stereocenters. The van der Waals surface area contributed by atoms with Crippen molar-refractivity contribution >= 4 is 27.0 Å². The van der Waals surface area contributed by atoms with Gasteiger partial charge >= 0.3 is 5.76 Å². The molecule has 0 aliphatic heterocycles. The molecule has 1 amide bonds. The molecule has 0 saturated heterocycles. The number of amides is 1. The zero-order valence-electron chi connectivity index (χ0n) is 12.3. The monoisotopic (exact) mass is 347 g/mol. The van der Waals surface area contributed by atoms with E-state index in [1.165, 1.54) is 30.3 Å². The normalized spacial score (nSPS) is 11.7. The van der Waals surface area contributed by atoms with Gasteiger partial charge in [0, 0.05) is 18.2 Å². The van der Waals surface area contributed by atoms with Crippen molar-refractivity contribution in [1.82, 2.24) is 9.71 Å². The van der Waals surface area contributed by atoms with E-state index in [0.717, 1.165) is 0 Å². The van der Waals surface area contributed by atoms with Crippen LogP contribution in [-0.4, -0.2) is 19.3 Å². The van der Waals surface area contributed by atoms with Crippen LogP contribution in [0.5, 0.6) is 0 Å².